The lowest BCUT2D eigenvalue weighted by atomic mass is 9.99. The first-order valence-electron chi connectivity index (χ1n) is 20.4. The molecule has 0 aliphatic rings. The van der Waals surface area contributed by atoms with E-state index in [-0.39, 0.29) is 17.5 Å². The van der Waals surface area contributed by atoms with Crippen LogP contribution in [0.3, 0.4) is 0 Å². The van der Waals surface area contributed by atoms with Crippen molar-refractivity contribution >= 4 is 78.1 Å². The third-order valence-electron chi connectivity index (χ3n) is 11.1. The Bertz CT molecular complexity index is 3720. The van der Waals surface area contributed by atoms with E-state index in [0.717, 1.165) is 18.0 Å². The number of fused-ring (bicyclic) bond motifs is 4. The van der Waals surface area contributed by atoms with Crippen molar-refractivity contribution in [1.82, 2.24) is 69.2 Å². The number of aryl methyl sites for hydroxylation is 1. The molecule has 0 fully saturated rings. The van der Waals surface area contributed by atoms with Gasteiger partial charge in [-0.3, -0.25) is 14.6 Å². The molecule has 2 atom stereocenters. The second-order valence-electron chi connectivity index (χ2n) is 15.5. The Balaban J connectivity index is 0.000000159. The molecule has 0 aliphatic carbocycles. The number of nitrogen functional groups attached to an aromatic ring is 2. The lowest BCUT2D eigenvalue weighted by Gasteiger charge is -2.18. The van der Waals surface area contributed by atoms with Crippen molar-refractivity contribution < 1.29 is 17.6 Å². The Kier molecular flexibility index (Phi) is 10.9. The summed E-state index contributed by atoms with van der Waals surface area (Å²) in [4.78, 5) is 34.6. The molecule has 332 valence electrons. The summed E-state index contributed by atoms with van der Waals surface area (Å²) < 4.78 is 61.7. The summed E-state index contributed by atoms with van der Waals surface area (Å²) in [5.41, 5.74) is 19.3. The predicted molar refractivity (Wildman–Crippen MR) is 252 cm³/mol. The number of nitrogens with two attached hydrogens (primary N) is 2. The van der Waals surface area contributed by atoms with Gasteiger partial charge in [0.15, 0.2) is 11.3 Å². The Hall–Kier alpha value is -8.08. The smallest absolute Gasteiger partial charge is 0.165 e. The molecule has 2 unspecified atom stereocenters. The molecule has 67 heavy (non-hydrogen) atoms. The van der Waals surface area contributed by atoms with Gasteiger partial charge in [0.2, 0.25) is 0 Å². The van der Waals surface area contributed by atoms with Gasteiger partial charge in [0, 0.05) is 64.2 Å². The van der Waals surface area contributed by atoms with Crippen LogP contribution < -0.4 is 11.5 Å². The maximum Gasteiger partial charge on any atom is 0.165 e. The second kappa shape index (κ2) is 17.0. The third kappa shape index (κ3) is 7.95. The molecule has 21 heteroatoms. The van der Waals surface area contributed by atoms with Gasteiger partial charge < -0.3 is 11.5 Å². The van der Waals surface area contributed by atoms with E-state index in [4.69, 9.17) is 26.5 Å². The van der Waals surface area contributed by atoms with Gasteiger partial charge in [-0.15, -0.1) is 0 Å². The van der Waals surface area contributed by atoms with Gasteiger partial charge in [0.25, 0.3) is 0 Å². The van der Waals surface area contributed by atoms with E-state index in [1.54, 1.807) is 56.9 Å². The van der Waals surface area contributed by atoms with Crippen LogP contribution >= 0.6 is 22.6 Å². The summed E-state index contributed by atoms with van der Waals surface area (Å²) in [6.07, 6.45) is 11.6. The van der Waals surface area contributed by atoms with Crippen LogP contribution in [0.15, 0.2) is 110 Å². The zero-order valence-electron chi connectivity index (χ0n) is 35.4. The fraction of sp³-hybridized carbons (Fsp3) is 0.109. The molecule has 4 N–H and O–H groups in total. The number of aromatic nitrogens is 14. The van der Waals surface area contributed by atoms with Gasteiger partial charge in [-0.1, -0.05) is 0 Å². The molecule has 11 aromatic rings. The Labute approximate surface area is 390 Å². The van der Waals surface area contributed by atoms with E-state index in [0.29, 0.717) is 92.7 Å². The van der Waals surface area contributed by atoms with Crippen molar-refractivity contribution in [3.63, 3.8) is 0 Å². The maximum atomic E-state index is 14.1. The SMILES string of the molecule is CC(c1nc2ccc(F)cc2cc1-c1cncc(F)c1)n1nc(-c2cnn(C)c2)c2c(N)ncnc21.CC(c1nc2ccc(F)cc2cc1-c1cncc(F)c1)n1nc(I)c2c(N)ncnc21. The summed E-state index contributed by atoms with van der Waals surface area (Å²) in [6.45, 7) is 3.82. The van der Waals surface area contributed by atoms with Gasteiger partial charge in [0.1, 0.15) is 57.0 Å². The van der Waals surface area contributed by atoms with Crippen LogP contribution in [0.4, 0.5) is 29.2 Å². The minimum atomic E-state index is -0.491. The first kappa shape index (κ1) is 42.8. The molecule has 0 saturated carbocycles. The highest BCUT2D eigenvalue weighted by molar-refractivity contribution is 14.1. The first-order valence-corrected chi connectivity index (χ1v) is 21.4. The molecule has 0 bridgehead atoms. The molecule has 2 aromatic carbocycles. The number of hydrogen-bond acceptors (Lipinski definition) is 13. The average molecular weight is 1010 g/mol. The molecular formula is C46H33F4IN16. The molecule has 16 nitrogen and oxygen atoms in total. The minimum absolute atomic E-state index is 0.286. The molecule has 9 aromatic heterocycles. The summed E-state index contributed by atoms with van der Waals surface area (Å²) in [6, 6.07) is 14.2. The van der Waals surface area contributed by atoms with Gasteiger partial charge in [-0.05, 0) is 97.1 Å². The standard InChI is InChI=1S/C25H19F2N9.C21H14F2IN7/c1-13(36-25-21(24(28)30-12-31-25)23(34-36)16-9-32-35(2)11-16)22-19(15-6-18(27)10-29-8-15)7-14-5-17(26)3-4-20(14)33-22;1-10(31-21-17(19(24)30-31)20(25)27-9-28-21)18-15(12-5-14(23)8-26-7-12)6-11-4-13(22)2-3-16(11)29-18/h3-13H,1-2H3,(H2,28,30,31);2-10H,1H3,(H2,25,27,28). The molecule has 0 saturated heterocycles. The fourth-order valence-electron chi connectivity index (χ4n) is 8.01. The Morgan fingerprint density at radius 1 is 0.567 bits per heavy atom. The quantitative estimate of drug-likeness (QED) is 0.113. The van der Waals surface area contributed by atoms with Crippen LogP contribution in [0.2, 0.25) is 0 Å². The fourth-order valence-corrected chi connectivity index (χ4v) is 8.76. The normalized spacial score (nSPS) is 12.5. The van der Waals surface area contributed by atoms with Gasteiger partial charge in [-0.2, -0.15) is 15.3 Å². The first-order chi connectivity index (χ1) is 32.3. The van der Waals surface area contributed by atoms with Crippen molar-refractivity contribution in [2.45, 2.75) is 25.9 Å². The van der Waals surface area contributed by atoms with Crippen LogP contribution in [0, 0.1) is 27.0 Å². The Morgan fingerprint density at radius 3 is 1.58 bits per heavy atom. The molecule has 0 spiro atoms. The van der Waals surface area contributed by atoms with Gasteiger partial charge in [0.05, 0.1) is 63.9 Å². The third-order valence-corrected chi connectivity index (χ3v) is 11.9. The van der Waals surface area contributed by atoms with E-state index >= 15 is 0 Å². The monoisotopic (exact) mass is 1010 g/mol. The highest BCUT2D eigenvalue weighted by Gasteiger charge is 2.26. The molecular weight excluding hydrogens is 980 g/mol. The highest BCUT2D eigenvalue weighted by atomic mass is 127. The van der Waals surface area contributed by atoms with Gasteiger partial charge >= 0.3 is 0 Å². The number of hydrogen-bond donors (Lipinski definition) is 2. The number of nitrogens with zero attached hydrogens (tertiary/aromatic N) is 14. The Morgan fingerprint density at radius 2 is 1.07 bits per heavy atom. The van der Waals surface area contributed by atoms with Gasteiger partial charge in [-0.25, -0.2) is 56.8 Å². The average Bonchev–Trinajstić information content (AvgIpc) is 4.03. The zero-order chi connectivity index (χ0) is 46.7. The largest absolute Gasteiger partial charge is 0.383 e. The van der Waals surface area contributed by atoms with Crippen molar-refractivity contribution in [3.05, 3.63) is 149 Å². The maximum absolute atomic E-state index is 14.1. The molecule has 0 radical (unpaired) electrons. The van der Waals surface area contributed by atoms with Crippen molar-refractivity contribution in [2.24, 2.45) is 7.05 Å². The summed E-state index contributed by atoms with van der Waals surface area (Å²) in [5, 5.41) is 16.1. The zero-order valence-corrected chi connectivity index (χ0v) is 37.5. The van der Waals surface area contributed by atoms with Crippen LogP contribution in [-0.4, -0.2) is 69.2 Å². The number of halogens is 5. The predicted octanol–water partition coefficient (Wildman–Crippen LogP) is 8.82. The van der Waals surface area contributed by atoms with E-state index in [1.165, 1.54) is 49.1 Å². The van der Waals surface area contributed by atoms with Crippen LogP contribution in [0.1, 0.15) is 37.3 Å². The molecule has 0 amide bonds. The van der Waals surface area contributed by atoms with Crippen molar-refractivity contribution in [3.8, 4) is 33.5 Å². The van der Waals surface area contributed by atoms with Crippen LogP contribution in [0.25, 0.3) is 77.4 Å². The van der Waals surface area contributed by atoms with E-state index in [1.807, 2.05) is 27.1 Å². The van der Waals surface area contributed by atoms with E-state index in [9.17, 15) is 17.6 Å². The highest BCUT2D eigenvalue weighted by Crippen LogP contribution is 2.38. The number of rotatable bonds is 7. The van der Waals surface area contributed by atoms with Crippen LogP contribution in [-0.2, 0) is 7.05 Å². The summed E-state index contributed by atoms with van der Waals surface area (Å²) in [5.74, 6) is -1.11. The van der Waals surface area contributed by atoms with E-state index < -0.39 is 23.7 Å². The topological polar surface area (TPSA) is 209 Å². The number of pyridine rings is 4. The number of benzene rings is 2. The number of anilines is 2. The second-order valence-corrected chi connectivity index (χ2v) is 16.5. The molecule has 11 rings (SSSR count). The summed E-state index contributed by atoms with van der Waals surface area (Å²) in [7, 11) is 1.81. The molecule has 0 aliphatic heterocycles. The minimum Gasteiger partial charge on any atom is -0.383 e. The molecule has 9 heterocycles. The van der Waals surface area contributed by atoms with Crippen LogP contribution in [0.5, 0.6) is 0 Å². The van der Waals surface area contributed by atoms with E-state index in [2.05, 4.69) is 62.7 Å². The lowest BCUT2D eigenvalue weighted by Crippen LogP contribution is -2.13. The lowest BCUT2D eigenvalue weighted by molar-refractivity contribution is 0.564. The van der Waals surface area contributed by atoms with Crippen molar-refractivity contribution in [2.75, 3.05) is 11.5 Å². The summed E-state index contributed by atoms with van der Waals surface area (Å²) >= 11 is 2.09. The van der Waals surface area contributed by atoms with Crippen molar-refractivity contribution in [1.29, 1.82) is 0 Å².